The summed E-state index contributed by atoms with van der Waals surface area (Å²) in [4.78, 5) is 14.0. The zero-order chi connectivity index (χ0) is 15.0. The van der Waals surface area contributed by atoms with E-state index in [1.807, 2.05) is 52.0 Å². The summed E-state index contributed by atoms with van der Waals surface area (Å²) in [7, 11) is 0. The molecule has 4 nitrogen and oxygen atoms in total. The third kappa shape index (κ3) is 3.12. The number of carbonyl (C=O) groups is 1. The van der Waals surface area contributed by atoms with Gasteiger partial charge in [0.05, 0.1) is 12.3 Å². The number of rotatable bonds is 1. The van der Waals surface area contributed by atoms with Gasteiger partial charge in [0.15, 0.2) is 0 Å². The van der Waals surface area contributed by atoms with Crippen molar-refractivity contribution < 1.29 is 14.6 Å². The molecule has 0 bridgehead atoms. The predicted octanol–water partition coefficient (Wildman–Crippen LogP) is 2.98. The van der Waals surface area contributed by atoms with E-state index in [0.717, 1.165) is 17.7 Å². The largest absolute Gasteiger partial charge is 0.443 e. The van der Waals surface area contributed by atoms with Crippen LogP contribution < -0.4 is 4.90 Å². The molecule has 1 aromatic carbocycles. The van der Waals surface area contributed by atoms with Crippen LogP contribution in [0.3, 0.4) is 0 Å². The van der Waals surface area contributed by atoms with E-state index in [-0.39, 0.29) is 18.1 Å². The van der Waals surface area contributed by atoms with Crippen molar-refractivity contribution in [1.29, 1.82) is 0 Å². The average molecular weight is 277 g/mol. The number of amides is 1. The first-order valence-corrected chi connectivity index (χ1v) is 6.93. The van der Waals surface area contributed by atoms with E-state index in [0.29, 0.717) is 6.54 Å². The summed E-state index contributed by atoms with van der Waals surface area (Å²) in [5.41, 5.74) is 1.10. The molecule has 1 atom stereocenters. The number of aliphatic hydroxyl groups excluding tert-OH is 1. The molecule has 1 aromatic rings. The number of nitrogens with zero attached hydrogens (tertiary/aromatic N) is 1. The molecule has 110 valence electrons. The van der Waals surface area contributed by atoms with Gasteiger partial charge in [-0.3, -0.25) is 4.90 Å². The summed E-state index contributed by atoms with van der Waals surface area (Å²) < 4.78 is 5.48. The highest BCUT2D eigenvalue weighted by Gasteiger charge is 2.37. The van der Waals surface area contributed by atoms with Crippen LogP contribution in [-0.2, 0) is 11.2 Å². The normalized spacial score (nSPS) is 22.4. The van der Waals surface area contributed by atoms with Crippen LogP contribution in [0.1, 0.15) is 33.3 Å². The van der Waals surface area contributed by atoms with Crippen LogP contribution in [0, 0.1) is 5.41 Å². The van der Waals surface area contributed by atoms with Crippen LogP contribution in [0.4, 0.5) is 10.5 Å². The number of ether oxygens (including phenoxy) is 1. The number of anilines is 1. The Labute approximate surface area is 120 Å². The Hall–Kier alpha value is -1.55. The fourth-order valence-corrected chi connectivity index (χ4v) is 2.49. The molecule has 0 radical (unpaired) electrons. The number of carbonyl (C=O) groups excluding carboxylic acids is 1. The minimum atomic E-state index is -0.529. The summed E-state index contributed by atoms with van der Waals surface area (Å²) in [6.45, 7) is 8.06. The molecule has 1 heterocycles. The lowest BCUT2D eigenvalue weighted by Gasteiger charge is -2.40. The zero-order valence-electron chi connectivity index (χ0n) is 12.6. The fourth-order valence-electron chi connectivity index (χ4n) is 2.49. The quantitative estimate of drug-likeness (QED) is 0.858. The Balaban J connectivity index is 2.34. The number of fused-ring (bicyclic) bond motifs is 1. The van der Waals surface area contributed by atoms with Gasteiger partial charge in [0.25, 0.3) is 0 Å². The van der Waals surface area contributed by atoms with Gasteiger partial charge in [0.1, 0.15) is 5.60 Å². The first kappa shape index (κ1) is 14.9. The highest BCUT2D eigenvalue weighted by atomic mass is 16.6. The van der Waals surface area contributed by atoms with Crippen molar-refractivity contribution in [3.63, 3.8) is 0 Å². The molecule has 0 fully saturated rings. The zero-order valence-corrected chi connectivity index (χ0v) is 12.6. The summed E-state index contributed by atoms with van der Waals surface area (Å²) in [6.07, 6.45) is 0.406. The number of benzene rings is 1. The molecular weight excluding hydrogens is 254 g/mol. The summed E-state index contributed by atoms with van der Waals surface area (Å²) in [6, 6.07) is 7.79. The van der Waals surface area contributed by atoms with Gasteiger partial charge in [-0.05, 0) is 38.8 Å². The van der Waals surface area contributed by atoms with E-state index in [1.165, 1.54) is 0 Å². The third-order valence-electron chi connectivity index (χ3n) is 3.44. The third-order valence-corrected chi connectivity index (χ3v) is 3.44. The second-order valence-electron chi connectivity index (χ2n) is 6.84. The molecule has 0 spiro atoms. The molecule has 1 unspecified atom stereocenters. The van der Waals surface area contributed by atoms with Gasteiger partial charge in [-0.25, -0.2) is 4.79 Å². The van der Waals surface area contributed by atoms with Gasteiger partial charge >= 0.3 is 6.09 Å². The Morgan fingerprint density at radius 1 is 1.40 bits per heavy atom. The predicted molar refractivity (Wildman–Crippen MR) is 78.9 cm³/mol. The summed E-state index contributed by atoms with van der Waals surface area (Å²) in [5, 5.41) is 9.63. The SMILES string of the molecule is CC1(CO)Cc2ccccc2N(C(=O)OC(C)(C)C)C1. The Bertz CT molecular complexity index is 507. The van der Waals surface area contributed by atoms with Crippen molar-refractivity contribution in [2.24, 2.45) is 5.41 Å². The maximum Gasteiger partial charge on any atom is 0.414 e. The first-order chi connectivity index (χ1) is 9.24. The molecule has 0 aromatic heterocycles. The molecule has 0 aliphatic carbocycles. The molecule has 1 aliphatic rings. The van der Waals surface area contributed by atoms with Gasteiger partial charge in [-0.2, -0.15) is 0 Å². The van der Waals surface area contributed by atoms with Crippen molar-refractivity contribution in [2.45, 2.75) is 39.7 Å². The smallest absolute Gasteiger partial charge is 0.414 e. The highest BCUT2D eigenvalue weighted by Crippen LogP contribution is 2.36. The molecular formula is C16H23NO3. The van der Waals surface area contributed by atoms with Crippen LogP contribution >= 0.6 is 0 Å². The average Bonchev–Trinajstić information content (AvgIpc) is 2.35. The van der Waals surface area contributed by atoms with Crippen LogP contribution in [-0.4, -0.2) is 30.0 Å². The molecule has 0 saturated heterocycles. The van der Waals surface area contributed by atoms with Crippen molar-refractivity contribution in [3.8, 4) is 0 Å². The second-order valence-corrected chi connectivity index (χ2v) is 6.84. The molecule has 1 aliphatic heterocycles. The Morgan fingerprint density at radius 3 is 2.65 bits per heavy atom. The van der Waals surface area contributed by atoms with Gasteiger partial charge < -0.3 is 9.84 Å². The van der Waals surface area contributed by atoms with Crippen LogP contribution in [0.5, 0.6) is 0 Å². The fraction of sp³-hybridized carbons (Fsp3) is 0.562. The van der Waals surface area contributed by atoms with E-state index in [9.17, 15) is 9.90 Å². The topological polar surface area (TPSA) is 49.8 Å². The Morgan fingerprint density at radius 2 is 2.05 bits per heavy atom. The molecule has 1 amide bonds. The molecule has 4 heteroatoms. The minimum absolute atomic E-state index is 0.0423. The molecule has 20 heavy (non-hydrogen) atoms. The van der Waals surface area contributed by atoms with E-state index in [1.54, 1.807) is 4.90 Å². The summed E-state index contributed by atoms with van der Waals surface area (Å²) >= 11 is 0. The highest BCUT2D eigenvalue weighted by molar-refractivity contribution is 5.89. The minimum Gasteiger partial charge on any atom is -0.443 e. The van der Waals surface area contributed by atoms with Gasteiger partial charge in [0, 0.05) is 12.0 Å². The summed E-state index contributed by atoms with van der Waals surface area (Å²) in [5.74, 6) is 0. The van der Waals surface area contributed by atoms with Crippen molar-refractivity contribution in [3.05, 3.63) is 29.8 Å². The molecule has 2 rings (SSSR count). The number of para-hydroxylation sites is 1. The monoisotopic (exact) mass is 277 g/mol. The number of aliphatic hydroxyl groups is 1. The van der Waals surface area contributed by atoms with Gasteiger partial charge in [0.2, 0.25) is 0 Å². The second kappa shape index (κ2) is 5.09. The lowest BCUT2D eigenvalue weighted by atomic mass is 9.80. The molecule has 1 N–H and O–H groups in total. The first-order valence-electron chi connectivity index (χ1n) is 6.93. The maximum atomic E-state index is 12.4. The lowest BCUT2D eigenvalue weighted by molar-refractivity contribution is 0.0537. The molecule has 0 saturated carbocycles. The van der Waals surface area contributed by atoms with Crippen LogP contribution in [0.15, 0.2) is 24.3 Å². The number of hydrogen-bond donors (Lipinski definition) is 1. The maximum absolute atomic E-state index is 12.4. The van der Waals surface area contributed by atoms with E-state index >= 15 is 0 Å². The van der Waals surface area contributed by atoms with Gasteiger partial charge in [-0.1, -0.05) is 25.1 Å². The van der Waals surface area contributed by atoms with Gasteiger partial charge in [-0.15, -0.1) is 0 Å². The van der Waals surface area contributed by atoms with Crippen molar-refractivity contribution in [1.82, 2.24) is 0 Å². The Kier molecular flexibility index (Phi) is 3.78. The van der Waals surface area contributed by atoms with Crippen LogP contribution in [0.25, 0.3) is 0 Å². The van der Waals surface area contributed by atoms with Crippen molar-refractivity contribution in [2.75, 3.05) is 18.1 Å². The number of hydrogen-bond acceptors (Lipinski definition) is 3. The van der Waals surface area contributed by atoms with Crippen LogP contribution in [0.2, 0.25) is 0 Å². The van der Waals surface area contributed by atoms with E-state index in [2.05, 4.69) is 0 Å². The van der Waals surface area contributed by atoms with E-state index in [4.69, 9.17) is 4.74 Å². The standard InChI is InChI=1S/C16H23NO3/c1-15(2,3)20-14(19)17-10-16(4,11-18)9-12-7-5-6-8-13(12)17/h5-8,18H,9-11H2,1-4H3. The lowest BCUT2D eigenvalue weighted by Crippen LogP contribution is -2.48. The van der Waals surface area contributed by atoms with Crippen molar-refractivity contribution >= 4 is 11.8 Å². The van der Waals surface area contributed by atoms with E-state index < -0.39 is 5.60 Å².